The van der Waals surface area contributed by atoms with Crippen LogP contribution in [0.1, 0.15) is 0 Å². The summed E-state index contributed by atoms with van der Waals surface area (Å²) in [7, 11) is 0. The van der Waals surface area contributed by atoms with Gasteiger partial charge >= 0.3 is 0 Å². The minimum Gasteiger partial charge on any atom is -0.338 e. The lowest BCUT2D eigenvalue weighted by molar-refractivity contribution is 0.757. The van der Waals surface area contributed by atoms with E-state index >= 15 is 0 Å². The number of nitrogens with zero attached hydrogens (tertiary/aromatic N) is 3. The van der Waals surface area contributed by atoms with Gasteiger partial charge in [0.05, 0.1) is 5.52 Å². The number of hydrogen-bond donors (Lipinski definition) is 2. The summed E-state index contributed by atoms with van der Waals surface area (Å²) in [5, 5.41) is 1.04. The van der Waals surface area contributed by atoms with Crippen molar-refractivity contribution in [3.8, 4) is 0 Å². The maximum Gasteiger partial charge on any atom is 0.225 e. The lowest BCUT2D eigenvalue weighted by Crippen LogP contribution is -2.35. The zero-order valence-electron chi connectivity index (χ0n) is 9.71. The molecule has 5 nitrogen and oxygen atoms in total. The van der Waals surface area contributed by atoms with Gasteiger partial charge in [-0.2, -0.15) is 0 Å². The molecule has 0 aliphatic carbocycles. The van der Waals surface area contributed by atoms with Gasteiger partial charge in [0.2, 0.25) is 5.95 Å². The second-order valence-corrected chi connectivity index (χ2v) is 3.79. The molecule has 90 valence electrons. The van der Waals surface area contributed by atoms with Gasteiger partial charge < -0.3 is 16.4 Å². The first-order valence-corrected chi connectivity index (χ1v) is 5.72. The lowest BCUT2D eigenvalue weighted by Gasteiger charge is -2.21. The van der Waals surface area contributed by atoms with Gasteiger partial charge in [-0.3, -0.25) is 0 Å². The molecule has 0 fully saturated rings. The number of anilines is 1. The van der Waals surface area contributed by atoms with Crippen LogP contribution in [0, 0.1) is 0 Å². The van der Waals surface area contributed by atoms with Crippen molar-refractivity contribution in [3.63, 3.8) is 0 Å². The summed E-state index contributed by atoms with van der Waals surface area (Å²) < 4.78 is 0. The molecule has 1 heterocycles. The highest BCUT2D eigenvalue weighted by atomic mass is 15.3. The van der Waals surface area contributed by atoms with E-state index < -0.39 is 0 Å². The SMILES string of the molecule is NCCN(CCN)c1ncc2ccccc2n1. The van der Waals surface area contributed by atoms with Crippen molar-refractivity contribution in [1.82, 2.24) is 9.97 Å². The second-order valence-electron chi connectivity index (χ2n) is 3.79. The molecule has 0 amide bonds. The molecule has 17 heavy (non-hydrogen) atoms. The average molecular weight is 231 g/mol. The number of nitrogens with two attached hydrogens (primary N) is 2. The van der Waals surface area contributed by atoms with Gasteiger partial charge in [-0.05, 0) is 6.07 Å². The molecule has 0 unspecified atom stereocenters. The van der Waals surface area contributed by atoms with Gasteiger partial charge in [0.15, 0.2) is 0 Å². The first kappa shape index (κ1) is 11.8. The van der Waals surface area contributed by atoms with Gasteiger partial charge in [-0.25, -0.2) is 9.97 Å². The molecule has 4 N–H and O–H groups in total. The van der Waals surface area contributed by atoms with E-state index in [-0.39, 0.29) is 0 Å². The Balaban J connectivity index is 2.32. The molecule has 0 aliphatic heterocycles. The molecule has 1 aromatic carbocycles. The predicted octanol–water partition coefficient (Wildman–Crippen LogP) is 0.354. The summed E-state index contributed by atoms with van der Waals surface area (Å²) in [6, 6.07) is 7.91. The Bertz CT molecular complexity index is 479. The van der Waals surface area contributed by atoms with Crippen molar-refractivity contribution in [2.24, 2.45) is 11.5 Å². The summed E-state index contributed by atoms with van der Waals surface area (Å²) in [4.78, 5) is 10.9. The molecule has 0 saturated carbocycles. The Labute approximate surface area is 100 Å². The fraction of sp³-hybridized carbons (Fsp3) is 0.333. The Hall–Kier alpha value is -1.72. The van der Waals surface area contributed by atoms with E-state index in [1.54, 1.807) is 0 Å². The highest BCUT2D eigenvalue weighted by Gasteiger charge is 2.08. The molecular formula is C12H17N5. The summed E-state index contributed by atoms with van der Waals surface area (Å²) in [5.41, 5.74) is 12.1. The molecule has 2 aromatic rings. The summed E-state index contributed by atoms with van der Waals surface area (Å²) in [6.45, 7) is 2.57. The zero-order chi connectivity index (χ0) is 12.1. The number of hydrogen-bond acceptors (Lipinski definition) is 5. The number of benzene rings is 1. The van der Waals surface area contributed by atoms with Crippen LogP contribution in [0.15, 0.2) is 30.5 Å². The number of fused-ring (bicyclic) bond motifs is 1. The molecule has 0 saturated heterocycles. The first-order chi connectivity index (χ1) is 8.35. The largest absolute Gasteiger partial charge is 0.338 e. The van der Waals surface area contributed by atoms with Crippen molar-refractivity contribution < 1.29 is 0 Å². The number of para-hydroxylation sites is 1. The van der Waals surface area contributed by atoms with Crippen molar-refractivity contribution in [2.45, 2.75) is 0 Å². The van der Waals surface area contributed by atoms with E-state index in [4.69, 9.17) is 11.5 Å². The van der Waals surface area contributed by atoms with Crippen LogP contribution >= 0.6 is 0 Å². The fourth-order valence-corrected chi connectivity index (χ4v) is 1.74. The van der Waals surface area contributed by atoms with Crippen molar-refractivity contribution in [1.29, 1.82) is 0 Å². The van der Waals surface area contributed by atoms with Crippen LogP contribution in [0.5, 0.6) is 0 Å². The van der Waals surface area contributed by atoms with E-state index in [1.165, 1.54) is 0 Å². The van der Waals surface area contributed by atoms with Crippen LogP contribution in [0.3, 0.4) is 0 Å². The van der Waals surface area contributed by atoms with E-state index in [0.29, 0.717) is 19.0 Å². The molecular weight excluding hydrogens is 214 g/mol. The third kappa shape index (κ3) is 2.69. The van der Waals surface area contributed by atoms with Gasteiger partial charge in [-0.15, -0.1) is 0 Å². The number of rotatable bonds is 5. The van der Waals surface area contributed by atoms with Gasteiger partial charge in [0.25, 0.3) is 0 Å². The van der Waals surface area contributed by atoms with Crippen LogP contribution in [-0.4, -0.2) is 36.1 Å². The smallest absolute Gasteiger partial charge is 0.225 e. The standard InChI is InChI=1S/C12H17N5/c13-5-7-17(8-6-14)12-15-9-10-3-1-2-4-11(10)16-12/h1-4,9H,5-8,13-14H2. The van der Waals surface area contributed by atoms with Crippen LogP contribution in [0.25, 0.3) is 10.9 Å². The highest BCUT2D eigenvalue weighted by molar-refractivity contribution is 5.78. The van der Waals surface area contributed by atoms with E-state index in [1.807, 2.05) is 35.4 Å². The molecule has 0 radical (unpaired) electrons. The van der Waals surface area contributed by atoms with Gasteiger partial charge in [0.1, 0.15) is 0 Å². The maximum absolute atomic E-state index is 5.57. The normalized spacial score (nSPS) is 10.7. The zero-order valence-corrected chi connectivity index (χ0v) is 9.71. The third-order valence-corrected chi connectivity index (χ3v) is 2.56. The Morgan fingerprint density at radius 1 is 1.06 bits per heavy atom. The van der Waals surface area contributed by atoms with Crippen molar-refractivity contribution >= 4 is 16.9 Å². The molecule has 2 rings (SSSR count). The third-order valence-electron chi connectivity index (χ3n) is 2.56. The Morgan fingerprint density at radius 2 is 1.76 bits per heavy atom. The Morgan fingerprint density at radius 3 is 2.47 bits per heavy atom. The summed E-state index contributed by atoms with van der Waals surface area (Å²) >= 11 is 0. The topological polar surface area (TPSA) is 81.1 Å². The van der Waals surface area contributed by atoms with Gasteiger partial charge in [-0.1, -0.05) is 18.2 Å². The Kier molecular flexibility index (Phi) is 3.85. The molecule has 5 heteroatoms. The molecule has 0 bridgehead atoms. The summed E-state index contributed by atoms with van der Waals surface area (Å²) in [6.07, 6.45) is 1.83. The highest BCUT2D eigenvalue weighted by Crippen LogP contribution is 2.14. The second kappa shape index (κ2) is 5.56. The minimum absolute atomic E-state index is 0.566. The molecule has 0 aliphatic rings. The monoisotopic (exact) mass is 231 g/mol. The molecule has 1 aromatic heterocycles. The van der Waals surface area contributed by atoms with Gasteiger partial charge in [0, 0.05) is 37.8 Å². The molecule has 0 atom stereocenters. The van der Waals surface area contributed by atoms with Crippen LogP contribution < -0.4 is 16.4 Å². The van der Waals surface area contributed by atoms with E-state index in [9.17, 15) is 0 Å². The fourth-order valence-electron chi connectivity index (χ4n) is 1.74. The minimum atomic E-state index is 0.566. The number of aromatic nitrogens is 2. The quantitative estimate of drug-likeness (QED) is 0.776. The van der Waals surface area contributed by atoms with Crippen molar-refractivity contribution in [3.05, 3.63) is 30.5 Å². The maximum atomic E-state index is 5.57. The molecule has 0 spiro atoms. The van der Waals surface area contributed by atoms with Crippen LogP contribution in [0.2, 0.25) is 0 Å². The lowest BCUT2D eigenvalue weighted by atomic mass is 10.2. The first-order valence-electron chi connectivity index (χ1n) is 5.72. The van der Waals surface area contributed by atoms with Crippen LogP contribution in [0.4, 0.5) is 5.95 Å². The van der Waals surface area contributed by atoms with E-state index in [2.05, 4.69) is 9.97 Å². The summed E-state index contributed by atoms with van der Waals surface area (Å²) in [5.74, 6) is 0.694. The average Bonchev–Trinajstić information content (AvgIpc) is 2.38. The van der Waals surface area contributed by atoms with Crippen molar-refractivity contribution in [2.75, 3.05) is 31.1 Å². The van der Waals surface area contributed by atoms with Crippen LogP contribution in [-0.2, 0) is 0 Å². The predicted molar refractivity (Wildman–Crippen MR) is 69.9 cm³/mol. The van der Waals surface area contributed by atoms with E-state index in [0.717, 1.165) is 24.0 Å².